The molecule has 2 rings (SSSR count). The molecule has 5 nitrogen and oxygen atoms in total. The van der Waals surface area contributed by atoms with Gasteiger partial charge in [0.25, 0.3) is 0 Å². The van der Waals surface area contributed by atoms with Gasteiger partial charge in [-0.3, -0.25) is 9.48 Å². The van der Waals surface area contributed by atoms with Crippen LogP contribution >= 0.6 is 0 Å². The Hall–Kier alpha value is -2.51. The van der Waals surface area contributed by atoms with Gasteiger partial charge in [-0.05, 0) is 25.1 Å². The van der Waals surface area contributed by atoms with Gasteiger partial charge in [0.05, 0.1) is 0 Å². The predicted molar refractivity (Wildman–Crippen MR) is 68.7 cm³/mol. The molecule has 0 saturated carbocycles. The van der Waals surface area contributed by atoms with Crippen LogP contribution in [-0.2, 0) is 17.5 Å². The average molecular weight is 299 g/mol. The number of amides is 1. The minimum absolute atomic E-state index is 0.0255. The molecule has 8 heteroatoms. The zero-order valence-electron chi connectivity index (χ0n) is 11.0. The monoisotopic (exact) mass is 299 g/mol. The van der Waals surface area contributed by atoms with Crippen molar-refractivity contribution in [2.24, 2.45) is 0 Å². The number of hydrogen-bond acceptors (Lipinski definition) is 3. The molecule has 0 saturated heterocycles. The maximum absolute atomic E-state index is 12.5. The molecular weight excluding hydrogens is 287 g/mol. The first-order valence-electron chi connectivity index (χ1n) is 5.96. The van der Waals surface area contributed by atoms with E-state index in [1.165, 1.54) is 25.1 Å². The van der Waals surface area contributed by atoms with Gasteiger partial charge in [-0.15, -0.1) is 0 Å². The topological polar surface area (TPSA) is 67.2 Å². The highest BCUT2D eigenvalue weighted by molar-refractivity contribution is 5.90. The van der Waals surface area contributed by atoms with E-state index in [9.17, 15) is 23.1 Å². The smallest absolute Gasteiger partial charge is 0.435 e. The molecule has 0 bridgehead atoms. The van der Waals surface area contributed by atoms with Gasteiger partial charge in [0.2, 0.25) is 5.91 Å². The van der Waals surface area contributed by atoms with E-state index in [0.29, 0.717) is 5.69 Å². The number of alkyl halides is 3. The first-order chi connectivity index (χ1) is 9.75. The standard InChI is InChI=1S/C13H12F3N3O2/c1-8-5-11(13(14,15)16)18-19(8)7-12(21)17-9-3-2-4-10(20)6-9/h2-6,20H,7H2,1H3,(H,17,21). The summed E-state index contributed by atoms with van der Waals surface area (Å²) in [5.41, 5.74) is -0.459. The van der Waals surface area contributed by atoms with E-state index in [0.717, 1.165) is 10.7 Å². The lowest BCUT2D eigenvalue weighted by Crippen LogP contribution is -2.20. The summed E-state index contributed by atoms with van der Waals surface area (Å²) in [4.78, 5) is 11.8. The van der Waals surface area contributed by atoms with Crippen LogP contribution in [0.2, 0.25) is 0 Å². The number of carbonyl (C=O) groups is 1. The molecule has 0 spiro atoms. The number of aromatic hydroxyl groups is 1. The summed E-state index contributed by atoms with van der Waals surface area (Å²) in [6.45, 7) is 1.08. The van der Waals surface area contributed by atoms with Crippen molar-refractivity contribution in [3.05, 3.63) is 41.7 Å². The number of nitrogens with one attached hydrogen (secondary N) is 1. The number of aryl methyl sites for hydroxylation is 1. The minimum atomic E-state index is -4.54. The summed E-state index contributed by atoms with van der Waals surface area (Å²) >= 11 is 0. The molecule has 0 fully saturated rings. The maximum atomic E-state index is 12.5. The van der Waals surface area contributed by atoms with Gasteiger partial charge < -0.3 is 10.4 Å². The van der Waals surface area contributed by atoms with Crippen LogP contribution in [0.3, 0.4) is 0 Å². The second-order valence-electron chi connectivity index (χ2n) is 4.42. The number of carbonyl (C=O) groups excluding carboxylic acids is 1. The molecule has 0 radical (unpaired) electrons. The van der Waals surface area contributed by atoms with E-state index in [4.69, 9.17) is 0 Å². The lowest BCUT2D eigenvalue weighted by molar-refractivity contribution is -0.141. The highest BCUT2D eigenvalue weighted by Gasteiger charge is 2.34. The molecule has 0 atom stereocenters. The van der Waals surface area contributed by atoms with Crippen LogP contribution < -0.4 is 5.32 Å². The highest BCUT2D eigenvalue weighted by atomic mass is 19.4. The Morgan fingerprint density at radius 1 is 1.38 bits per heavy atom. The largest absolute Gasteiger partial charge is 0.508 e. The van der Waals surface area contributed by atoms with Crippen molar-refractivity contribution in [2.75, 3.05) is 5.32 Å². The molecule has 21 heavy (non-hydrogen) atoms. The average Bonchev–Trinajstić information content (AvgIpc) is 2.70. The number of halogens is 3. The van der Waals surface area contributed by atoms with Crippen LogP contribution in [0.4, 0.5) is 18.9 Å². The van der Waals surface area contributed by atoms with E-state index in [2.05, 4.69) is 10.4 Å². The van der Waals surface area contributed by atoms with Crippen molar-refractivity contribution in [2.45, 2.75) is 19.6 Å². The molecule has 1 amide bonds. The van der Waals surface area contributed by atoms with Gasteiger partial charge >= 0.3 is 6.18 Å². The summed E-state index contributed by atoms with van der Waals surface area (Å²) in [7, 11) is 0. The van der Waals surface area contributed by atoms with E-state index in [1.54, 1.807) is 6.07 Å². The molecule has 2 aromatic rings. The summed E-state index contributed by atoms with van der Waals surface area (Å²) in [6, 6.07) is 6.72. The number of phenols is 1. The van der Waals surface area contributed by atoms with Crippen molar-refractivity contribution >= 4 is 11.6 Å². The number of rotatable bonds is 3. The Labute approximate surface area is 118 Å². The second-order valence-corrected chi connectivity index (χ2v) is 4.42. The van der Waals surface area contributed by atoms with Crippen LogP contribution in [0.5, 0.6) is 5.75 Å². The molecule has 0 aliphatic rings. The fourth-order valence-electron chi connectivity index (χ4n) is 1.73. The van der Waals surface area contributed by atoms with Gasteiger partial charge in [0.15, 0.2) is 5.69 Å². The van der Waals surface area contributed by atoms with E-state index >= 15 is 0 Å². The van der Waals surface area contributed by atoms with Crippen molar-refractivity contribution in [1.82, 2.24) is 9.78 Å². The molecule has 1 aromatic carbocycles. The Morgan fingerprint density at radius 3 is 2.67 bits per heavy atom. The van der Waals surface area contributed by atoms with E-state index in [-0.39, 0.29) is 18.0 Å². The van der Waals surface area contributed by atoms with Crippen molar-refractivity contribution < 1.29 is 23.1 Å². The number of benzene rings is 1. The summed E-state index contributed by atoms with van der Waals surface area (Å²) in [5.74, 6) is -0.567. The third-order valence-corrected chi connectivity index (χ3v) is 2.69. The zero-order valence-corrected chi connectivity index (χ0v) is 11.0. The fraction of sp³-hybridized carbons (Fsp3) is 0.231. The molecule has 0 aliphatic heterocycles. The van der Waals surface area contributed by atoms with Gasteiger partial charge in [-0.2, -0.15) is 18.3 Å². The van der Waals surface area contributed by atoms with Gasteiger partial charge in [0, 0.05) is 17.4 Å². The van der Waals surface area contributed by atoms with Gasteiger partial charge in [-0.25, -0.2) is 0 Å². The SMILES string of the molecule is Cc1cc(C(F)(F)F)nn1CC(=O)Nc1cccc(O)c1. The Kier molecular flexibility index (Phi) is 3.88. The van der Waals surface area contributed by atoms with Crippen molar-refractivity contribution in [1.29, 1.82) is 0 Å². The number of phenolic OH excluding ortho intramolecular Hbond substituents is 1. The Balaban J connectivity index is 2.08. The first-order valence-corrected chi connectivity index (χ1v) is 5.96. The second kappa shape index (κ2) is 5.47. The van der Waals surface area contributed by atoms with Crippen LogP contribution in [0, 0.1) is 6.92 Å². The molecule has 2 N–H and O–H groups in total. The molecule has 0 aliphatic carbocycles. The van der Waals surface area contributed by atoms with Crippen molar-refractivity contribution in [3.63, 3.8) is 0 Å². The Bertz CT molecular complexity index is 665. The fourth-order valence-corrected chi connectivity index (χ4v) is 1.73. The number of aromatic nitrogens is 2. The van der Waals surface area contributed by atoms with Gasteiger partial charge in [0.1, 0.15) is 12.3 Å². The molecule has 112 valence electrons. The molecule has 1 heterocycles. The van der Waals surface area contributed by atoms with Crippen LogP contribution in [0.25, 0.3) is 0 Å². The number of nitrogens with zero attached hydrogens (tertiary/aromatic N) is 2. The quantitative estimate of drug-likeness (QED) is 0.915. The van der Waals surface area contributed by atoms with Crippen LogP contribution in [0.1, 0.15) is 11.4 Å². The first kappa shape index (κ1) is 14.9. The number of hydrogen-bond donors (Lipinski definition) is 2. The maximum Gasteiger partial charge on any atom is 0.435 e. The van der Waals surface area contributed by atoms with Crippen LogP contribution in [-0.4, -0.2) is 20.8 Å². The highest BCUT2D eigenvalue weighted by Crippen LogP contribution is 2.28. The van der Waals surface area contributed by atoms with Crippen molar-refractivity contribution in [3.8, 4) is 5.75 Å². The third-order valence-electron chi connectivity index (χ3n) is 2.69. The normalized spacial score (nSPS) is 11.4. The molecule has 1 aromatic heterocycles. The molecule has 0 unspecified atom stereocenters. The van der Waals surface area contributed by atoms with E-state index in [1.807, 2.05) is 0 Å². The molecular formula is C13H12F3N3O2. The Morgan fingerprint density at radius 2 is 2.10 bits per heavy atom. The lowest BCUT2D eigenvalue weighted by Gasteiger charge is -2.07. The van der Waals surface area contributed by atoms with Gasteiger partial charge in [-0.1, -0.05) is 6.07 Å². The minimum Gasteiger partial charge on any atom is -0.508 e. The number of anilines is 1. The summed E-state index contributed by atoms with van der Waals surface area (Å²) < 4.78 is 38.5. The summed E-state index contributed by atoms with van der Waals surface area (Å²) in [5, 5.41) is 15.1. The van der Waals surface area contributed by atoms with Crippen LogP contribution in [0.15, 0.2) is 30.3 Å². The predicted octanol–water partition coefficient (Wildman–Crippen LogP) is 2.55. The lowest BCUT2D eigenvalue weighted by atomic mass is 10.3. The zero-order chi connectivity index (χ0) is 15.6. The third kappa shape index (κ3) is 3.74. The van der Waals surface area contributed by atoms with E-state index < -0.39 is 17.8 Å². The summed E-state index contributed by atoms with van der Waals surface area (Å²) in [6.07, 6.45) is -4.54.